The molecule has 0 bridgehead atoms. The van der Waals surface area contributed by atoms with Crippen LogP contribution in [0.2, 0.25) is 0 Å². The number of hydrogen-bond acceptors (Lipinski definition) is 5. The maximum Gasteiger partial charge on any atom is 0.424 e. The van der Waals surface area contributed by atoms with Gasteiger partial charge in [-0.3, -0.25) is 4.90 Å². The van der Waals surface area contributed by atoms with E-state index in [1.165, 1.54) is 7.11 Å². The van der Waals surface area contributed by atoms with Crippen LogP contribution >= 0.6 is 7.94 Å². The van der Waals surface area contributed by atoms with Gasteiger partial charge in [0, 0.05) is 13.1 Å². The predicted octanol–water partition coefficient (Wildman–Crippen LogP) is 0.450. The van der Waals surface area contributed by atoms with E-state index in [1.54, 1.807) is 0 Å². The first-order chi connectivity index (χ1) is 6.70. The Labute approximate surface area is 85.2 Å². The summed E-state index contributed by atoms with van der Waals surface area (Å²) in [7, 11) is -1.22. The van der Waals surface area contributed by atoms with E-state index in [2.05, 4.69) is 0 Å². The van der Waals surface area contributed by atoms with E-state index in [0.717, 1.165) is 19.4 Å². The Morgan fingerprint density at radius 2 is 2.29 bits per heavy atom. The Hall–Kier alpha value is 0.230. The average Bonchev–Trinajstić information content (AvgIpc) is 2.14. The molecule has 0 aromatic carbocycles. The number of rotatable bonds is 3. The lowest BCUT2D eigenvalue weighted by molar-refractivity contribution is 0.144. The van der Waals surface area contributed by atoms with Crippen LogP contribution in [0.4, 0.5) is 0 Å². The number of aliphatic hydroxyl groups excluding tert-OH is 1. The van der Waals surface area contributed by atoms with Crippen molar-refractivity contribution < 1.29 is 19.0 Å². The summed E-state index contributed by atoms with van der Waals surface area (Å²) in [6.07, 6.45) is 2.35. The molecule has 0 amide bonds. The molecule has 14 heavy (non-hydrogen) atoms. The molecule has 5 nitrogen and oxygen atoms in total. The summed E-state index contributed by atoms with van der Waals surface area (Å²) in [5.41, 5.74) is 0. The first kappa shape index (κ1) is 12.3. The monoisotopic (exact) mass is 224 g/mol. The van der Waals surface area contributed by atoms with E-state index < -0.39 is 7.94 Å². The molecular formula is C8H19NO4P+. The van der Waals surface area contributed by atoms with Crippen molar-refractivity contribution in [2.75, 3.05) is 39.7 Å². The molecule has 1 aliphatic rings. The normalized spacial score (nSPS) is 31.1. The van der Waals surface area contributed by atoms with Gasteiger partial charge in [-0.25, -0.2) is 0 Å². The lowest BCUT2D eigenvalue weighted by Gasteiger charge is -2.26. The Kier molecular flexibility index (Phi) is 5.23. The van der Waals surface area contributed by atoms with Gasteiger partial charge in [0.2, 0.25) is 0 Å². The highest BCUT2D eigenvalue weighted by molar-refractivity contribution is 7.60. The van der Waals surface area contributed by atoms with E-state index in [4.69, 9.17) is 14.2 Å². The molecule has 0 aliphatic carbocycles. The third-order valence-corrected chi connectivity index (χ3v) is 4.16. The van der Waals surface area contributed by atoms with Crippen LogP contribution in [0, 0.1) is 0 Å². The number of β-amino-alcohol motifs (C(OH)–C–C–N with tert-alkyl or cyclic N) is 1. The number of nitrogens with zero attached hydrogens (tertiary/aromatic N) is 1. The highest BCUT2D eigenvalue weighted by Gasteiger charge is 2.42. The van der Waals surface area contributed by atoms with Crippen LogP contribution in [0.25, 0.3) is 0 Å². The molecule has 84 valence electrons. The largest absolute Gasteiger partial charge is 0.424 e. The molecule has 6 heteroatoms. The second kappa shape index (κ2) is 5.95. The zero-order valence-corrected chi connectivity index (χ0v) is 9.45. The van der Waals surface area contributed by atoms with E-state index in [9.17, 15) is 4.89 Å². The quantitative estimate of drug-likeness (QED) is 0.681. The van der Waals surface area contributed by atoms with Gasteiger partial charge >= 0.3 is 7.94 Å². The summed E-state index contributed by atoms with van der Waals surface area (Å²) in [6, 6.07) is 0. The van der Waals surface area contributed by atoms with E-state index in [-0.39, 0.29) is 6.61 Å². The summed E-state index contributed by atoms with van der Waals surface area (Å²) in [6.45, 7) is 2.11. The second-order valence-electron chi connectivity index (χ2n) is 3.34. The van der Waals surface area contributed by atoms with Crippen molar-refractivity contribution >= 4 is 7.94 Å². The zero-order valence-electron chi connectivity index (χ0n) is 8.56. The molecule has 1 unspecified atom stereocenters. The van der Waals surface area contributed by atoms with E-state index in [1.807, 2.05) is 4.90 Å². The molecule has 1 rings (SSSR count). The molecule has 0 aromatic heterocycles. The maximum atomic E-state index is 9.93. The van der Waals surface area contributed by atoms with Crippen LogP contribution < -0.4 is 0 Å². The van der Waals surface area contributed by atoms with Gasteiger partial charge in [-0.05, 0) is 12.8 Å². The van der Waals surface area contributed by atoms with Crippen LogP contribution in [0.1, 0.15) is 12.8 Å². The second-order valence-corrected chi connectivity index (χ2v) is 5.52. The summed E-state index contributed by atoms with van der Waals surface area (Å²) in [4.78, 5) is 11.9. The highest BCUT2D eigenvalue weighted by atomic mass is 31.2. The smallest absolute Gasteiger partial charge is 0.395 e. The number of aliphatic hydroxyl groups is 1. The molecule has 0 aromatic rings. The van der Waals surface area contributed by atoms with Crippen LogP contribution in [-0.4, -0.2) is 54.6 Å². The molecule has 1 saturated heterocycles. The standard InChI is InChI=1S/C8H19NO4P/c1-12-14(11)8-9(5-6-10)4-2-3-7-13-14/h10-11H,2-8H2,1H3/q+1. The lowest BCUT2D eigenvalue weighted by Crippen LogP contribution is -2.33. The van der Waals surface area contributed by atoms with Crippen molar-refractivity contribution in [2.45, 2.75) is 12.8 Å². The molecule has 1 atom stereocenters. The molecule has 1 heterocycles. The summed E-state index contributed by atoms with van der Waals surface area (Å²) in [5, 5.41) is 8.83. The zero-order chi connectivity index (χ0) is 10.4. The van der Waals surface area contributed by atoms with Gasteiger partial charge in [-0.2, -0.15) is 13.9 Å². The molecular weight excluding hydrogens is 205 g/mol. The first-order valence-electron chi connectivity index (χ1n) is 4.84. The molecule has 0 saturated carbocycles. The van der Waals surface area contributed by atoms with Crippen LogP contribution in [-0.2, 0) is 9.05 Å². The van der Waals surface area contributed by atoms with Gasteiger partial charge in [0.15, 0.2) is 6.29 Å². The van der Waals surface area contributed by atoms with Crippen molar-refractivity contribution in [3.63, 3.8) is 0 Å². The van der Waals surface area contributed by atoms with Crippen molar-refractivity contribution in [3.8, 4) is 0 Å². The predicted molar refractivity (Wildman–Crippen MR) is 54.9 cm³/mol. The summed E-state index contributed by atoms with van der Waals surface area (Å²) in [5.74, 6) is 0. The van der Waals surface area contributed by atoms with Crippen molar-refractivity contribution in [2.24, 2.45) is 0 Å². The van der Waals surface area contributed by atoms with Crippen molar-refractivity contribution in [1.29, 1.82) is 0 Å². The summed E-state index contributed by atoms with van der Waals surface area (Å²) < 4.78 is 10.3. The van der Waals surface area contributed by atoms with Crippen LogP contribution in [0.5, 0.6) is 0 Å². The van der Waals surface area contributed by atoms with E-state index >= 15 is 0 Å². The molecule has 0 radical (unpaired) electrons. The van der Waals surface area contributed by atoms with Crippen molar-refractivity contribution in [1.82, 2.24) is 4.90 Å². The Morgan fingerprint density at radius 1 is 1.50 bits per heavy atom. The molecule has 1 aliphatic heterocycles. The molecule has 0 spiro atoms. The van der Waals surface area contributed by atoms with Gasteiger partial charge in [0.05, 0.1) is 20.3 Å². The highest BCUT2D eigenvalue weighted by Crippen LogP contribution is 2.57. The van der Waals surface area contributed by atoms with Gasteiger partial charge in [-0.15, -0.1) is 0 Å². The average molecular weight is 224 g/mol. The molecule has 2 N–H and O–H groups in total. The summed E-state index contributed by atoms with van der Waals surface area (Å²) >= 11 is 0. The van der Waals surface area contributed by atoms with Gasteiger partial charge in [0.1, 0.15) is 0 Å². The SMILES string of the molecule is CO[P+]1(O)CN(CCO)CCCCO1. The minimum absolute atomic E-state index is 0.101. The van der Waals surface area contributed by atoms with Gasteiger partial charge < -0.3 is 5.11 Å². The molecule has 1 fully saturated rings. The lowest BCUT2D eigenvalue weighted by atomic mass is 10.3. The fourth-order valence-corrected chi connectivity index (χ4v) is 2.95. The third-order valence-electron chi connectivity index (χ3n) is 2.24. The van der Waals surface area contributed by atoms with Crippen LogP contribution in [0.3, 0.4) is 0 Å². The minimum atomic E-state index is -2.69. The Morgan fingerprint density at radius 3 is 2.93 bits per heavy atom. The topological polar surface area (TPSA) is 62.2 Å². The maximum absolute atomic E-state index is 9.93. The van der Waals surface area contributed by atoms with Gasteiger partial charge in [-0.1, -0.05) is 0 Å². The fourth-order valence-electron chi connectivity index (χ4n) is 1.44. The number of hydrogen-bond donors (Lipinski definition) is 2. The first-order valence-corrected chi connectivity index (χ1v) is 6.61. The Bertz CT molecular complexity index is 171. The Balaban J connectivity index is 2.50. The fraction of sp³-hybridized carbons (Fsp3) is 1.00. The van der Waals surface area contributed by atoms with E-state index in [0.29, 0.717) is 19.4 Å². The van der Waals surface area contributed by atoms with Gasteiger partial charge in [0.25, 0.3) is 0 Å². The van der Waals surface area contributed by atoms with Crippen molar-refractivity contribution in [3.05, 3.63) is 0 Å². The minimum Gasteiger partial charge on any atom is -0.395 e. The van der Waals surface area contributed by atoms with Crippen LogP contribution in [0.15, 0.2) is 0 Å². The third kappa shape index (κ3) is 3.77.